The Morgan fingerprint density at radius 2 is 2.04 bits per heavy atom. The highest BCUT2D eigenvalue weighted by Gasteiger charge is 2.27. The van der Waals surface area contributed by atoms with Crippen molar-refractivity contribution in [1.82, 2.24) is 4.90 Å². The Kier molecular flexibility index (Phi) is 3.94. The van der Waals surface area contributed by atoms with Crippen LogP contribution >= 0.6 is 11.6 Å². The second kappa shape index (κ2) is 5.90. The number of nitrogens with one attached hydrogen (secondary N) is 1. The lowest BCUT2D eigenvalue weighted by molar-refractivity contribution is 0.255. The maximum absolute atomic E-state index is 12.9. The fourth-order valence-electron chi connectivity index (χ4n) is 3.50. The number of anilines is 1. The molecule has 1 unspecified atom stereocenters. The molecule has 0 spiro atoms. The van der Waals surface area contributed by atoms with Crippen LogP contribution in [0.25, 0.3) is 0 Å². The zero-order chi connectivity index (χ0) is 17.8. The number of ether oxygens (including phenoxy) is 1. The third-order valence-electron chi connectivity index (χ3n) is 4.62. The molecule has 0 fully saturated rings. The average molecular weight is 379 g/mol. The van der Waals surface area contributed by atoms with Gasteiger partial charge in [-0.3, -0.25) is 9.62 Å². The van der Waals surface area contributed by atoms with Gasteiger partial charge in [0.25, 0.3) is 10.0 Å². The molecule has 2 aliphatic rings. The van der Waals surface area contributed by atoms with Crippen molar-refractivity contribution in [2.45, 2.75) is 37.4 Å². The van der Waals surface area contributed by atoms with Gasteiger partial charge in [0.15, 0.2) is 0 Å². The lowest BCUT2D eigenvalue weighted by Crippen LogP contribution is -2.15. The molecule has 0 bridgehead atoms. The summed E-state index contributed by atoms with van der Waals surface area (Å²) in [4.78, 5) is 2.31. The third kappa shape index (κ3) is 2.99. The van der Waals surface area contributed by atoms with Crippen LogP contribution in [0.4, 0.5) is 5.69 Å². The molecule has 1 atom stereocenters. The monoisotopic (exact) mass is 378 g/mol. The Bertz CT molecular complexity index is 959. The zero-order valence-electron chi connectivity index (χ0n) is 14.0. The third-order valence-corrected chi connectivity index (χ3v) is 6.24. The van der Waals surface area contributed by atoms with Crippen molar-refractivity contribution < 1.29 is 13.2 Å². The minimum atomic E-state index is -3.72. The van der Waals surface area contributed by atoms with Gasteiger partial charge in [0.05, 0.1) is 15.6 Å². The first kappa shape index (κ1) is 16.7. The van der Waals surface area contributed by atoms with Crippen LogP contribution in [-0.4, -0.2) is 26.5 Å². The van der Waals surface area contributed by atoms with Crippen LogP contribution in [0.3, 0.4) is 0 Å². The molecule has 0 aliphatic carbocycles. The molecule has 2 aromatic rings. The van der Waals surface area contributed by atoms with Gasteiger partial charge in [-0.25, -0.2) is 8.42 Å². The Balaban J connectivity index is 1.70. The number of fused-ring (bicyclic) bond motifs is 2. The number of sulfonamides is 1. The number of halogens is 1. The molecule has 25 heavy (non-hydrogen) atoms. The van der Waals surface area contributed by atoms with Gasteiger partial charge in [0.1, 0.15) is 11.9 Å². The highest BCUT2D eigenvalue weighted by Crippen LogP contribution is 2.38. The minimum Gasteiger partial charge on any atom is -0.489 e. The summed E-state index contributed by atoms with van der Waals surface area (Å²) in [5.74, 6) is 0.593. The average Bonchev–Trinajstić information content (AvgIpc) is 3.09. The molecule has 2 aromatic carbocycles. The van der Waals surface area contributed by atoms with Gasteiger partial charge in [-0.05, 0) is 43.3 Å². The summed E-state index contributed by atoms with van der Waals surface area (Å²) in [5, 5.41) is 0.334. The predicted molar refractivity (Wildman–Crippen MR) is 97.7 cm³/mol. The predicted octanol–water partition coefficient (Wildman–Crippen LogP) is 3.41. The van der Waals surface area contributed by atoms with Crippen molar-refractivity contribution in [1.29, 1.82) is 0 Å². The van der Waals surface area contributed by atoms with Crippen LogP contribution in [-0.2, 0) is 29.5 Å². The normalized spacial score (nSPS) is 19.4. The molecule has 0 amide bonds. The van der Waals surface area contributed by atoms with Crippen LogP contribution in [0.5, 0.6) is 5.75 Å². The number of benzene rings is 2. The van der Waals surface area contributed by atoms with Gasteiger partial charge >= 0.3 is 0 Å². The number of hydrogen-bond acceptors (Lipinski definition) is 4. The van der Waals surface area contributed by atoms with E-state index in [0.717, 1.165) is 29.8 Å². The number of nitrogens with zero attached hydrogens (tertiary/aromatic N) is 1. The molecule has 0 saturated carbocycles. The Morgan fingerprint density at radius 3 is 2.84 bits per heavy atom. The molecule has 0 radical (unpaired) electrons. The molecule has 7 heteroatoms. The highest BCUT2D eigenvalue weighted by atomic mass is 35.5. The van der Waals surface area contributed by atoms with Crippen molar-refractivity contribution >= 4 is 27.3 Å². The van der Waals surface area contributed by atoms with Crippen molar-refractivity contribution in [3.8, 4) is 5.75 Å². The summed E-state index contributed by atoms with van der Waals surface area (Å²) in [5.41, 5.74) is 3.64. The van der Waals surface area contributed by atoms with E-state index in [4.69, 9.17) is 16.3 Å². The van der Waals surface area contributed by atoms with Crippen LogP contribution in [0.2, 0.25) is 5.02 Å². The second-order valence-corrected chi connectivity index (χ2v) is 8.84. The zero-order valence-corrected chi connectivity index (χ0v) is 15.6. The van der Waals surface area contributed by atoms with E-state index in [-0.39, 0.29) is 11.0 Å². The molecule has 5 nitrogen and oxygen atoms in total. The Morgan fingerprint density at radius 1 is 1.24 bits per heavy atom. The maximum atomic E-state index is 12.9. The fraction of sp³-hybridized carbons (Fsp3) is 0.333. The standard InChI is InChI=1S/C18H19ClN2O3S/c1-11-6-13-7-14(8-16(19)18(13)24-11)25(22,23)20-17-5-3-4-12-9-21(2)10-15(12)17/h3-5,7-8,11,20H,6,9-10H2,1-2H3. The fourth-order valence-corrected chi connectivity index (χ4v) is 5.02. The molecule has 0 aromatic heterocycles. The summed E-state index contributed by atoms with van der Waals surface area (Å²) in [7, 11) is -1.71. The van der Waals surface area contributed by atoms with Gasteiger partial charge in [0.2, 0.25) is 0 Å². The lowest BCUT2D eigenvalue weighted by atomic mass is 10.1. The topological polar surface area (TPSA) is 58.6 Å². The molecule has 1 N–H and O–H groups in total. The van der Waals surface area contributed by atoms with E-state index in [1.165, 1.54) is 6.07 Å². The van der Waals surface area contributed by atoms with Crippen molar-refractivity contribution in [3.05, 3.63) is 52.0 Å². The van der Waals surface area contributed by atoms with E-state index < -0.39 is 10.0 Å². The van der Waals surface area contributed by atoms with Gasteiger partial charge in [-0.15, -0.1) is 0 Å². The van der Waals surface area contributed by atoms with E-state index in [1.807, 2.05) is 26.1 Å². The van der Waals surface area contributed by atoms with E-state index in [0.29, 0.717) is 22.9 Å². The van der Waals surface area contributed by atoms with Gasteiger partial charge in [-0.1, -0.05) is 23.7 Å². The maximum Gasteiger partial charge on any atom is 0.261 e. The largest absolute Gasteiger partial charge is 0.489 e. The van der Waals surface area contributed by atoms with Gasteiger partial charge in [-0.2, -0.15) is 0 Å². The molecular formula is C18H19ClN2O3S. The summed E-state index contributed by atoms with van der Waals surface area (Å²) in [6, 6.07) is 8.82. The van der Waals surface area contributed by atoms with Crippen LogP contribution in [0.1, 0.15) is 23.6 Å². The summed E-state index contributed by atoms with van der Waals surface area (Å²) >= 11 is 6.24. The molecule has 2 heterocycles. The summed E-state index contributed by atoms with van der Waals surface area (Å²) in [6.07, 6.45) is 0.663. The highest BCUT2D eigenvalue weighted by molar-refractivity contribution is 7.92. The van der Waals surface area contributed by atoms with Gasteiger partial charge in [0, 0.05) is 25.1 Å². The number of rotatable bonds is 3. The van der Waals surface area contributed by atoms with E-state index in [9.17, 15) is 8.42 Å². The minimum absolute atomic E-state index is 0.00587. The lowest BCUT2D eigenvalue weighted by Gasteiger charge is -2.13. The SMILES string of the molecule is CC1Cc2cc(S(=O)(=O)Nc3cccc4c3CN(C)C4)cc(Cl)c2O1. The van der Waals surface area contributed by atoms with Crippen LogP contribution in [0, 0.1) is 0 Å². The number of hydrogen-bond donors (Lipinski definition) is 1. The Labute approximate surface area is 152 Å². The molecule has 0 saturated heterocycles. The van der Waals surface area contributed by atoms with Gasteiger partial charge < -0.3 is 4.74 Å². The quantitative estimate of drug-likeness (QED) is 0.889. The van der Waals surface area contributed by atoms with E-state index >= 15 is 0 Å². The first-order valence-corrected chi connectivity index (χ1v) is 10.0. The van der Waals surface area contributed by atoms with Crippen LogP contribution in [0.15, 0.2) is 35.2 Å². The summed E-state index contributed by atoms with van der Waals surface area (Å²) in [6.45, 7) is 3.49. The van der Waals surface area contributed by atoms with Crippen molar-refractivity contribution in [2.24, 2.45) is 0 Å². The molecular weight excluding hydrogens is 360 g/mol. The molecule has 132 valence electrons. The molecule has 2 aliphatic heterocycles. The van der Waals surface area contributed by atoms with Crippen LogP contribution < -0.4 is 9.46 Å². The van der Waals surface area contributed by atoms with E-state index in [2.05, 4.69) is 9.62 Å². The smallest absolute Gasteiger partial charge is 0.261 e. The second-order valence-electron chi connectivity index (χ2n) is 6.75. The van der Waals surface area contributed by atoms with Crippen molar-refractivity contribution in [2.75, 3.05) is 11.8 Å². The van der Waals surface area contributed by atoms with Crippen molar-refractivity contribution in [3.63, 3.8) is 0 Å². The summed E-state index contributed by atoms with van der Waals surface area (Å²) < 4.78 is 34.2. The first-order chi connectivity index (χ1) is 11.8. The molecule has 4 rings (SSSR count). The Hall–Kier alpha value is -1.76. The van der Waals surface area contributed by atoms with E-state index in [1.54, 1.807) is 12.1 Å². The first-order valence-electron chi connectivity index (χ1n) is 8.15.